The van der Waals surface area contributed by atoms with E-state index in [9.17, 15) is 4.79 Å². The van der Waals surface area contributed by atoms with Crippen LogP contribution < -0.4 is 10.6 Å². The Morgan fingerprint density at radius 2 is 1.86 bits per heavy atom. The van der Waals surface area contributed by atoms with Crippen LogP contribution in [0.1, 0.15) is 29.3 Å². The van der Waals surface area contributed by atoms with E-state index in [2.05, 4.69) is 60.6 Å². The van der Waals surface area contributed by atoms with Crippen molar-refractivity contribution >= 4 is 11.9 Å². The van der Waals surface area contributed by atoms with Crippen LogP contribution in [0.4, 0.5) is 5.95 Å². The molecule has 8 heteroatoms. The number of rotatable bonds is 7. The molecule has 1 amide bonds. The molecule has 190 valence electrons. The third-order valence-electron chi connectivity index (χ3n) is 6.86. The maximum Gasteiger partial charge on any atom is 0.251 e. The molecule has 1 aliphatic heterocycles. The number of nitrogens with one attached hydrogen (secondary N) is 2. The Labute approximate surface area is 218 Å². The van der Waals surface area contributed by atoms with Gasteiger partial charge in [-0.2, -0.15) is 0 Å². The zero-order valence-electron chi connectivity index (χ0n) is 21.4. The number of benzene rings is 1. The summed E-state index contributed by atoms with van der Waals surface area (Å²) in [5.74, 6) is 0.429. The summed E-state index contributed by atoms with van der Waals surface area (Å²) in [6, 6.07) is 13.6. The lowest BCUT2D eigenvalue weighted by Gasteiger charge is -2.32. The van der Waals surface area contributed by atoms with Crippen LogP contribution in [-0.4, -0.2) is 69.9 Å². The largest absolute Gasteiger partial charge is 0.345 e. The predicted octanol–water partition coefficient (Wildman–Crippen LogP) is 3.73. The first-order valence-corrected chi connectivity index (χ1v) is 12.7. The lowest BCUT2D eigenvalue weighted by atomic mass is 10.00. The number of aromatic nitrogens is 3. The van der Waals surface area contributed by atoms with Crippen LogP contribution in [0.15, 0.2) is 84.5 Å². The third kappa shape index (κ3) is 6.47. The van der Waals surface area contributed by atoms with Gasteiger partial charge in [0.15, 0.2) is 0 Å². The minimum Gasteiger partial charge on any atom is -0.345 e. The van der Waals surface area contributed by atoms with Crippen LogP contribution in [0.2, 0.25) is 0 Å². The Bertz CT molecular complexity index is 1280. The summed E-state index contributed by atoms with van der Waals surface area (Å²) >= 11 is 0. The Balaban J connectivity index is 1.20. The third-order valence-corrected chi connectivity index (χ3v) is 6.86. The summed E-state index contributed by atoms with van der Waals surface area (Å²) in [6.45, 7) is 7.32. The highest BCUT2D eigenvalue weighted by Crippen LogP contribution is 2.22. The van der Waals surface area contributed by atoms with Gasteiger partial charge in [0.25, 0.3) is 5.91 Å². The highest BCUT2D eigenvalue weighted by molar-refractivity contribution is 5.94. The second kappa shape index (κ2) is 11.5. The number of pyridine rings is 1. The topological polar surface area (TPSA) is 86.3 Å². The maximum atomic E-state index is 13.0. The molecule has 1 unspecified atom stereocenters. The molecule has 3 aromatic rings. The second-order valence-electron chi connectivity index (χ2n) is 9.69. The normalized spacial score (nSPS) is 18.6. The Morgan fingerprint density at radius 3 is 2.62 bits per heavy atom. The van der Waals surface area contributed by atoms with Crippen molar-refractivity contribution in [2.24, 2.45) is 0 Å². The van der Waals surface area contributed by atoms with Crippen molar-refractivity contribution in [1.82, 2.24) is 30.1 Å². The summed E-state index contributed by atoms with van der Waals surface area (Å²) in [6.07, 6.45) is 10.1. The molecule has 5 rings (SSSR count). The van der Waals surface area contributed by atoms with Crippen molar-refractivity contribution in [2.75, 3.05) is 38.5 Å². The highest BCUT2D eigenvalue weighted by atomic mass is 16.1. The average Bonchev–Trinajstić information content (AvgIpc) is 2.93. The quantitative estimate of drug-likeness (QED) is 0.517. The van der Waals surface area contributed by atoms with Gasteiger partial charge in [-0.1, -0.05) is 18.2 Å². The number of carbonyl (C=O) groups excluding carboxylic acids is 1. The number of amides is 1. The maximum absolute atomic E-state index is 13.0. The Hall–Kier alpha value is -3.88. The molecule has 2 aliphatic rings. The molecule has 3 heterocycles. The van der Waals surface area contributed by atoms with Gasteiger partial charge >= 0.3 is 0 Å². The molecule has 2 N–H and O–H groups in total. The van der Waals surface area contributed by atoms with Gasteiger partial charge in [0.05, 0.1) is 11.7 Å². The number of carbonyl (C=O) groups is 1. The molecule has 8 nitrogen and oxygen atoms in total. The molecule has 0 saturated carbocycles. The van der Waals surface area contributed by atoms with Gasteiger partial charge in [-0.05, 0) is 67.9 Å². The number of piperazine rings is 1. The van der Waals surface area contributed by atoms with Crippen molar-refractivity contribution in [3.8, 4) is 11.3 Å². The number of allylic oxidation sites excluding steroid dienone is 1. The van der Waals surface area contributed by atoms with Gasteiger partial charge in [-0.3, -0.25) is 14.7 Å². The minimum atomic E-state index is -0.120. The molecule has 2 aromatic heterocycles. The first-order chi connectivity index (χ1) is 18.0. The van der Waals surface area contributed by atoms with E-state index in [1.165, 1.54) is 5.56 Å². The van der Waals surface area contributed by atoms with E-state index in [1.54, 1.807) is 18.6 Å². The lowest BCUT2D eigenvalue weighted by Crippen LogP contribution is -2.43. The molecule has 1 saturated heterocycles. The summed E-state index contributed by atoms with van der Waals surface area (Å²) in [5.41, 5.74) is 5.61. The van der Waals surface area contributed by atoms with Gasteiger partial charge in [-0.15, -0.1) is 0 Å². The predicted molar refractivity (Wildman–Crippen MR) is 146 cm³/mol. The van der Waals surface area contributed by atoms with E-state index in [0.29, 0.717) is 11.5 Å². The smallest absolute Gasteiger partial charge is 0.251 e. The van der Waals surface area contributed by atoms with Crippen molar-refractivity contribution < 1.29 is 4.79 Å². The molecule has 1 aromatic carbocycles. The van der Waals surface area contributed by atoms with Crippen LogP contribution in [0.3, 0.4) is 0 Å². The summed E-state index contributed by atoms with van der Waals surface area (Å²) in [7, 11) is 2.16. The molecular formula is C29H33N7O. The van der Waals surface area contributed by atoms with Gasteiger partial charge in [0.2, 0.25) is 5.95 Å². The monoisotopic (exact) mass is 495 g/mol. The lowest BCUT2D eigenvalue weighted by molar-refractivity contribution is 0.0944. The van der Waals surface area contributed by atoms with E-state index in [0.717, 1.165) is 61.7 Å². The van der Waals surface area contributed by atoms with Crippen LogP contribution in [-0.2, 0) is 6.54 Å². The molecular weight excluding hydrogens is 462 g/mol. The summed E-state index contributed by atoms with van der Waals surface area (Å²) in [4.78, 5) is 31.0. The van der Waals surface area contributed by atoms with Gasteiger partial charge in [-0.25, -0.2) is 9.97 Å². The van der Waals surface area contributed by atoms with Crippen LogP contribution in [0.5, 0.6) is 0 Å². The van der Waals surface area contributed by atoms with E-state index in [-0.39, 0.29) is 11.9 Å². The average molecular weight is 496 g/mol. The standard InChI is InChI=1S/C29H33N7O/c1-21-5-10-25(18-27(21)34-29-31-13-11-26(33-29)24-4-3-12-30-19-24)32-28(37)23-8-6-22(7-9-23)20-36-16-14-35(2)15-17-36/h3-9,11-13,18-19,25H,10,14-17,20H2,1-2H3,(H,32,37)(H,31,33,34). The summed E-state index contributed by atoms with van der Waals surface area (Å²) in [5, 5.41) is 6.47. The summed E-state index contributed by atoms with van der Waals surface area (Å²) < 4.78 is 0. The SMILES string of the molecule is CC1=CCC(NC(=O)c2ccc(CN3CCN(C)CC3)cc2)C=C1Nc1nccc(-c2cccnc2)n1. The molecule has 1 fully saturated rings. The first kappa shape index (κ1) is 24.8. The fourth-order valence-corrected chi connectivity index (χ4v) is 4.55. The number of likely N-dealkylation sites (N-methyl/N-ethyl adjacent to an activating group) is 1. The number of hydrogen-bond donors (Lipinski definition) is 2. The number of anilines is 1. The highest BCUT2D eigenvalue weighted by Gasteiger charge is 2.18. The first-order valence-electron chi connectivity index (χ1n) is 12.7. The molecule has 1 aliphatic carbocycles. The molecule has 0 bridgehead atoms. The van der Waals surface area contributed by atoms with Crippen LogP contribution >= 0.6 is 0 Å². The second-order valence-corrected chi connectivity index (χ2v) is 9.69. The Morgan fingerprint density at radius 1 is 1.05 bits per heavy atom. The van der Waals surface area contributed by atoms with Crippen molar-refractivity contribution in [3.05, 3.63) is 95.6 Å². The van der Waals surface area contributed by atoms with Gasteiger partial charge < -0.3 is 15.5 Å². The zero-order chi connectivity index (χ0) is 25.6. The van der Waals surface area contributed by atoms with Gasteiger partial charge in [0, 0.05) is 68.1 Å². The van der Waals surface area contributed by atoms with E-state index in [1.807, 2.05) is 43.3 Å². The molecule has 1 atom stereocenters. The van der Waals surface area contributed by atoms with Crippen molar-refractivity contribution in [2.45, 2.75) is 25.9 Å². The zero-order valence-corrected chi connectivity index (χ0v) is 21.4. The van der Waals surface area contributed by atoms with Crippen molar-refractivity contribution in [1.29, 1.82) is 0 Å². The van der Waals surface area contributed by atoms with Gasteiger partial charge in [0.1, 0.15) is 0 Å². The van der Waals surface area contributed by atoms with Crippen molar-refractivity contribution in [3.63, 3.8) is 0 Å². The fourth-order valence-electron chi connectivity index (χ4n) is 4.55. The van der Waals surface area contributed by atoms with E-state index >= 15 is 0 Å². The van der Waals surface area contributed by atoms with Crippen LogP contribution in [0, 0.1) is 0 Å². The van der Waals surface area contributed by atoms with Crippen LogP contribution in [0.25, 0.3) is 11.3 Å². The molecule has 0 spiro atoms. The number of nitrogens with zero attached hydrogens (tertiary/aromatic N) is 5. The number of hydrogen-bond acceptors (Lipinski definition) is 7. The molecule has 0 radical (unpaired) electrons. The minimum absolute atomic E-state index is 0.0745. The Kier molecular flexibility index (Phi) is 7.67. The van der Waals surface area contributed by atoms with E-state index < -0.39 is 0 Å². The van der Waals surface area contributed by atoms with E-state index in [4.69, 9.17) is 0 Å². The fraction of sp³-hybridized carbons (Fsp3) is 0.310. The molecule has 37 heavy (non-hydrogen) atoms.